The molecule has 23 heavy (non-hydrogen) atoms. The molecule has 0 spiro atoms. The second-order valence-corrected chi connectivity index (χ2v) is 5.98. The van der Waals surface area contributed by atoms with Crippen molar-refractivity contribution in [2.45, 2.75) is 18.4 Å². The van der Waals surface area contributed by atoms with Crippen molar-refractivity contribution in [1.29, 1.82) is 0 Å². The van der Waals surface area contributed by atoms with E-state index in [1.165, 1.54) is 19.2 Å². The largest absolute Gasteiger partial charge is 0.492 e. The van der Waals surface area contributed by atoms with Gasteiger partial charge in [-0.05, 0) is 25.1 Å². The van der Waals surface area contributed by atoms with Crippen molar-refractivity contribution < 1.29 is 27.2 Å². The first-order chi connectivity index (χ1) is 11.0. The van der Waals surface area contributed by atoms with Crippen LogP contribution in [-0.2, 0) is 16.7 Å². The molecule has 124 valence electrons. The summed E-state index contributed by atoms with van der Waals surface area (Å²) in [6.45, 7) is 2.10. The van der Waals surface area contributed by atoms with E-state index in [0.717, 1.165) is 0 Å². The van der Waals surface area contributed by atoms with Gasteiger partial charge in [0.1, 0.15) is 17.3 Å². The molecule has 0 atom stereocenters. The van der Waals surface area contributed by atoms with Crippen molar-refractivity contribution in [3.8, 4) is 17.2 Å². The minimum atomic E-state index is -4.42. The molecular formula is C16H18O6S. The fraction of sp³-hybridized carbons (Fsp3) is 0.250. The average Bonchev–Trinajstić information content (AvgIpc) is 2.53. The van der Waals surface area contributed by atoms with Crippen LogP contribution in [0.1, 0.15) is 12.5 Å². The lowest BCUT2D eigenvalue weighted by atomic mass is 10.2. The number of hydrogen-bond donors (Lipinski definition) is 1. The second kappa shape index (κ2) is 7.34. The molecule has 0 amide bonds. The molecule has 0 bridgehead atoms. The predicted molar refractivity (Wildman–Crippen MR) is 84.8 cm³/mol. The Balaban J connectivity index is 2.38. The van der Waals surface area contributed by atoms with Crippen molar-refractivity contribution in [2.75, 3.05) is 13.7 Å². The van der Waals surface area contributed by atoms with Gasteiger partial charge in [0.05, 0.1) is 13.7 Å². The summed E-state index contributed by atoms with van der Waals surface area (Å²) in [6, 6.07) is 12.0. The standard InChI is InChI=1S/C16H18O6S/c1-3-21-16-14(23(17,18)19)10-9-12(15(16)20-2)11-22-13-7-5-4-6-8-13/h4-10H,3,11H2,1-2H3,(H,17,18,19). The fourth-order valence-electron chi connectivity index (χ4n) is 2.08. The Bertz CT molecular complexity index is 756. The van der Waals surface area contributed by atoms with Gasteiger partial charge in [-0.25, -0.2) is 0 Å². The van der Waals surface area contributed by atoms with Gasteiger partial charge in [0, 0.05) is 5.56 Å². The number of rotatable bonds is 7. The quantitative estimate of drug-likeness (QED) is 0.782. The molecule has 1 N–H and O–H groups in total. The minimum Gasteiger partial charge on any atom is -0.492 e. The molecule has 2 aromatic rings. The summed E-state index contributed by atoms with van der Waals surface area (Å²) >= 11 is 0. The molecule has 0 saturated heterocycles. The Morgan fingerprint density at radius 1 is 1.00 bits per heavy atom. The molecule has 0 aromatic heterocycles. The van der Waals surface area contributed by atoms with Crippen molar-refractivity contribution in [1.82, 2.24) is 0 Å². The Kier molecular flexibility index (Phi) is 5.46. The van der Waals surface area contributed by atoms with Crippen LogP contribution in [0.3, 0.4) is 0 Å². The number of benzene rings is 2. The molecule has 0 aliphatic carbocycles. The lowest BCUT2D eigenvalue weighted by molar-refractivity contribution is 0.278. The van der Waals surface area contributed by atoms with Gasteiger partial charge in [-0.15, -0.1) is 0 Å². The number of ether oxygens (including phenoxy) is 3. The summed E-state index contributed by atoms with van der Waals surface area (Å²) < 4.78 is 48.5. The van der Waals surface area contributed by atoms with Gasteiger partial charge in [-0.3, -0.25) is 4.55 Å². The molecule has 0 aliphatic rings. The van der Waals surface area contributed by atoms with E-state index >= 15 is 0 Å². The Morgan fingerprint density at radius 2 is 1.70 bits per heavy atom. The van der Waals surface area contributed by atoms with E-state index in [-0.39, 0.29) is 29.6 Å². The van der Waals surface area contributed by atoms with Crippen LogP contribution in [0.2, 0.25) is 0 Å². The Morgan fingerprint density at radius 3 is 2.26 bits per heavy atom. The van der Waals surface area contributed by atoms with Crippen LogP contribution < -0.4 is 14.2 Å². The molecule has 0 unspecified atom stereocenters. The van der Waals surface area contributed by atoms with E-state index in [2.05, 4.69) is 0 Å². The van der Waals surface area contributed by atoms with Crippen molar-refractivity contribution in [2.24, 2.45) is 0 Å². The Hall–Kier alpha value is -2.25. The van der Waals surface area contributed by atoms with E-state index in [9.17, 15) is 13.0 Å². The van der Waals surface area contributed by atoms with Crippen LogP contribution in [0.5, 0.6) is 17.2 Å². The summed E-state index contributed by atoms with van der Waals surface area (Å²) in [6.07, 6.45) is 0. The molecule has 0 radical (unpaired) electrons. The number of methoxy groups -OCH3 is 1. The third-order valence-corrected chi connectivity index (χ3v) is 3.94. The second-order valence-electron chi connectivity index (χ2n) is 4.60. The molecule has 2 rings (SSSR count). The summed E-state index contributed by atoms with van der Waals surface area (Å²) in [5.41, 5.74) is 0.604. The first kappa shape index (κ1) is 17.1. The zero-order valence-corrected chi connectivity index (χ0v) is 13.7. The van der Waals surface area contributed by atoms with Crippen molar-refractivity contribution in [3.63, 3.8) is 0 Å². The van der Waals surface area contributed by atoms with Gasteiger partial charge in [-0.1, -0.05) is 24.3 Å². The molecule has 0 aliphatic heterocycles. The van der Waals surface area contributed by atoms with Gasteiger partial charge in [-0.2, -0.15) is 8.42 Å². The zero-order valence-electron chi connectivity index (χ0n) is 12.9. The highest BCUT2D eigenvalue weighted by Gasteiger charge is 2.23. The maximum absolute atomic E-state index is 11.5. The molecule has 6 nitrogen and oxygen atoms in total. The first-order valence-corrected chi connectivity index (χ1v) is 8.39. The normalized spacial score (nSPS) is 11.1. The smallest absolute Gasteiger partial charge is 0.298 e. The summed E-state index contributed by atoms with van der Waals surface area (Å²) in [4.78, 5) is -0.334. The summed E-state index contributed by atoms with van der Waals surface area (Å²) in [5.74, 6) is 0.871. The van der Waals surface area contributed by atoms with Gasteiger partial charge in [0.2, 0.25) is 0 Å². The zero-order chi connectivity index (χ0) is 16.9. The molecule has 2 aromatic carbocycles. The van der Waals surface area contributed by atoms with Gasteiger partial charge >= 0.3 is 0 Å². The van der Waals surface area contributed by atoms with Gasteiger partial charge in [0.15, 0.2) is 11.5 Å². The summed E-state index contributed by atoms with van der Waals surface area (Å²) in [5, 5.41) is 0. The lowest BCUT2D eigenvalue weighted by Crippen LogP contribution is -2.08. The maximum Gasteiger partial charge on any atom is 0.298 e. The van der Waals surface area contributed by atoms with Crippen LogP contribution in [0.15, 0.2) is 47.4 Å². The highest BCUT2D eigenvalue weighted by molar-refractivity contribution is 7.86. The van der Waals surface area contributed by atoms with Gasteiger partial charge < -0.3 is 14.2 Å². The highest BCUT2D eigenvalue weighted by atomic mass is 32.2. The fourth-order valence-corrected chi connectivity index (χ4v) is 2.71. The van der Waals surface area contributed by atoms with Crippen molar-refractivity contribution >= 4 is 10.1 Å². The minimum absolute atomic E-state index is 0.0216. The van der Waals surface area contributed by atoms with E-state index < -0.39 is 10.1 Å². The first-order valence-electron chi connectivity index (χ1n) is 6.95. The SMILES string of the molecule is CCOc1c(S(=O)(=O)O)ccc(COc2ccccc2)c1OC. The van der Waals surface area contributed by atoms with E-state index in [4.69, 9.17) is 14.2 Å². The average molecular weight is 338 g/mol. The molecule has 0 heterocycles. The molecule has 7 heteroatoms. The van der Waals surface area contributed by atoms with Crippen LogP contribution in [0.25, 0.3) is 0 Å². The molecule has 0 saturated carbocycles. The van der Waals surface area contributed by atoms with E-state index in [0.29, 0.717) is 11.3 Å². The van der Waals surface area contributed by atoms with Crippen molar-refractivity contribution in [3.05, 3.63) is 48.0 Å². The van der Waals surface area contributed by atoms with Crippen LogP contribution in [-0.4, -0.2) is 26.7 Å². The number of para-hydroxylation sites is 1. The monoisotopic (exact) mass is 338 g/mol. The predicted octanol–water partition coefficient (Wildman–Crippen LogP) is 2.92. The van der Waals surface area contributed by atoms with E-state index in [1.807, 2.05) is 30.3 Å². The molecule has 0 fully saturated rings. The van der Waals surface area contributed by atoms with Crippen LogP contribution >= 0.6 is 0 Å². The maximum atomic E-state index is 11.5. The van der Waals surface area contributed by atoms with E-state index in [1.54, 1.807) is 6.92 Å². The molecular weight excluding hydrogens is 320 g/mol. The van der Waals surface area contributed by atoms with Crippen LogP contribution in [0, 0.1) is 0 Å². The third kappa shape index (κ3) is 4.14. The lowest BCUT2D eigenvalue weighted by Gasteiger charge is -2.16. The van der Waals surface area contributed by atoms with Gasteiger partial charge in [0.25, 0.3) is 10.1 Å². The summed E-state index contributed by atoms with van der Waals surface area (Å²) in [7, 11) is -3.02. The Labute approximate surface area is 135 Å². The topological polar surface area (TPSA) is 82.1 Å². The number of hydrogen-bond acceptors (Lipinski definition) is 5. The third-order valence-electron chi connectivity index (χ3n) is 3.07. The highest BCUT2D eigenvalue weighted by Crippen LogP contribution is 2.38. The van der Waals surface area contributed by atoms with Crippen LogP contribution in [0.4, 0.5) is 0 Å².